The maximum absolute atomic E-state index is 5.07. The molecule has 0 N–H and O–H groups in total. The Morgan fingerprint density at radius 1 is 1.54 bits per heavy atom. The Morgan fingerprint density at radius 2 is 2.38 bits per heavy atom. The molecule has 0 bridgehead atoms. The van der Waals surface area contributed by atoms with Gasteiger partial charge in [-0.15, -0.1) is 0 Å². The predicted molar refractivity (Wildman–Crippen MR) is 51.5 cm³/mol. The van der Waals surface area contributed by atoms with E-state index < -0.39 is 0 Å². The lowest BCUT2D eigenvalue weighted by Crippen LogP contribution is -1.98. The minimum atomic E-state index is 0.557. The quantitative estimate of drug-likeness (QED) is 0.699. The van der Waals surface area contributed by atoms with Crippen LogP contribution in [0, 0.1) is 6.92 Å². The summed E-state index contributed by atoms with van der Waals surface area (Å²) < 4.78 is 7.08. The van der Waals surface area contributed by atoms with Gasteiger partial charge in [-0.1, -0.05) is 0 Å². The van der Waals surface area contributed by atoms with Crippen molar-refractivity contribution in [1.82, 2.24) is 9.55 Å². The zero-order valence-corrected chi connectivity index (χ0v) is 7.82. The Morgan fingerprint density at radius 3 is 3.15 bits per heavy atom. The Bertz CT molecular complexity index is 420. The number of pyridine rings is 1. The van der Waals surface area contributed by atoms with Crippen molar-refractivity contribution in [1.29, 1.82) is 0 Å². The van der Waals surface area contributed by atoms with Crippen molar-refractivity contribution < 1.29 is 4.74 Å². The minimum Gasteiger partial charge on any atom is -0.364 e. The fourth-order valence-corrected chi connectivity index (χ4v) is 1.54. The average molecular weight is 176 g/mol. The molecule has 2 heterocycles. The van der Waals surface area contributed by atoms with Crippen molar-refractivity contribution >= 4 is 11.0 Å². The third-order valence-electron chi connectivity index (χ3n) is 2.10. The fraction of sp³-hybridized carbons (Fsp3) is 0.300. The molecular formula is C10H12N2O. The van der Waals surface area contributed by atoms with E-state index in [4.69, 9.17) is 4.74 Å². The van der Waals surface area contributed by atoms with Gasteiger partial charge < -0.3 is 9.30 Å². The van der Waals surface area contributed by atoms with Crippen LogP contribution in [0.15, 0.2) is 24.5 Å². The van der Waals surface area contributed by atoms with Crippen molar-refractivity contribution in [2.24, 2.45) is 0 Å². The number of aryl methyl sites for hydroxylation is 1. The van der Waals surface area contributed by atoms with E-state index in [2.05, 4.69) is 24.2 Å². The van der Waals surface area contributed by atoms with E-state index in [1.807, 2.05) is 10.6 Å². The highest BCUT2D eigenvalue weighted by atomic mass is 16.5. The van der Waals surface area contributed by atoms with Crippen LogP contribution in [-0.4, -0.2) is 16.7 Å². The molecule has 0 amide bonds. The van der Waals surface area contributed by atoms with E-state index in [1.54, 1.807) is 13.3 Å². The number of methoxy groups -OCH3 is 1. The molecule has 0 aliphatic heterocycles. The monoisotopic (exact) mass is 176 g/mol. The van der Waals surface area contributed by atoms with Crippen LogP contribution in [0.1, 0.15) is 5.56 Å². The second-order valence-electron chi connectivity index (χ2n) is 3.07. The molecule has 3 heteroatoms. The van der Waals surface area contributed by atoms with Gasteiger partial charge in [-0.2, -0.15) is 0 Å². The Kier molecular flexibility index (Phi) is 2.02. The van der Waals surface area contributed by atoms with Crippen molar-refractivity contribution in [3.8, 4) is 0 Å². The zero-order valence-electron chi connectivity index (χ0n) is 7.82. The van der Waals surface area contributed by atoms with Gasteiger partial charge in [0.05, 0.1) is 0 Å². The second-order valence-corrected chi connectivity index (χ2v) is 3.07. The van der Waals surface area contributed by atoms with Crippen LogP contribution in [-0.2, 0) is 11.5 Å². The molecule has 0 fully saturated rings. The summed E-state index contributed by atoms with van der Waals surface area (Å²) in [5.74, 6) is 0. The SMILES string of the molecule is COCn1cc(C)c2cccnc21. The number of nitrogens with zero attached hydrogens (tertiary/aromatic N) is 2. The van der Waals surface area contributed by atoms with Crippen LogP contribution in [0.4, 0.5) is 0 Å². The van der Waals surface area contributed by atoms with E-state index >= 15 is 0 Å². The van der Waals surface area contributed by atoms with Gasteiger partial charge in [0.1, 0.15) is 12.4 Å². The van der Waals surface area contributed by atoms with Gasteiger partial charge in [-0.05, 0) is 24.6 Å². The lowest BCUT2D eigenvalue weighted by molar-refractivity contribution is 0.134. The molecule has 0 atom stereocenters. The van der Waals surface area contributed by atoms with E-state index in [0.717, 1.165) is 5.65 Å². The molecule has 2 aromatic rings. The molecule has 0 unspecified atom stereocenters. The smallest absolute Gasteiger partial charge is 0.141 e. The normalized spacial score (nSPS) is 10.9. The fourth-order valence-electron chi connectivity index (χ4n) is 1.54. The molecule has 68 valence electrons. The van der Waals surface area contributed by atoms with Gasteiger partial charge in [-0.3, -0.25) is 0 Å². The number of ether oxygens (including phenoxy) is 1. The van der Waals surface area contributed by atoms with Gasteiger partial charge in [0.2, 0.25) is 0 Å². The van der Waals surface area contributed by atoms with Crippen molar-refractivity contribution in [2.75, 3.05) is 7.11 Å². The summed E-state index contributed by atoms with van der Waals surface area (Å²) in [5, 5.41) is 1.19. The highest BCUT2D eigenvalue weighted by Crippen LogP contribution is 2.17. The van der Waals surface area contributed by atoms with Crippen LogP contribution in [0.3, 0.4) is 0 Å². The molecule has 2 aromatic heterocycles. The van der Waals surface area contributed by atoms with Gasteiger partial charge in [-0.25, -0.2) is 4.98 Å². The maximum Gasteiger partial charge on any atom is 0.141 e. The van der Waals surface area contributed by atoms with Crippen molar-refractivity contribution in [3.05, 3.63) is 30.1 Å². The van der Waals surface area contributed by atoms with Gasteiger partial charge in [0, 0.05) is 24.9 Å². The zero-order chi connectivity index (χ0) is 9.26. The number of hydrogen-bond donors (Lipinski definition) is 0. The number of aromatic nitrogens is 2. The molecule has 0 radical (unpaired) electrons. The van der Waals surface area contributed by atoms with Gasteiger partial charge >= 0.3 is 0 Å². The maximum atomic E-state index is 5.07. The van der Waals surface area contributed by atoms with Crippen LogP contribution in [0.2, 0.25) is 0 Å². The summed E-state index contributed by atoms with van der Waals surface area (Å²) in [7, 11) is 1.68. The summed E-state index contributed by atoms with van der Waals surface area (Å²) in [6.45, 7) is 2.64. The lowest BCUT2D eigenvalue weighted by Gasteiger charge is -2.00. The first-order valence-corrected chi connectivity index (χ1v) is 4.22. The van der Waals surface area contributed by atoms with Crippen LogP contribution in [0.25, 0.3) is 11.0 Å². The Balaban J connectivity index is 2.63. The largest absolute Gasteiger partial charge is 0.364 e. The third-order valence-corrected chi connectivity index (χ3v) is 2.10. The summed E-state index contributed by atoms with van der Waals surface area (Å²) >= 11 is 0. The third kappa shape index (κ3) is 1.31. The number of hydrogen-bond acceptors (Lipinski definition) is 2. The standard InChI is InChI=1S/C10H12N2O/c1-8-6-12(7-13-2)10-9(8)4-3-5-11-10/h3-6H,7H2,1-2H3. The van der Waals surface area contributed by atoms with E-state index in [0.29, 0.717) is 6.73 Å². The first-order chi connectivity index (χ1) is 6.33. The molecule has 0 aliphatic rings. The molecule has 0 aromatic carbocycles. The first-order valence-electron chi connectivity index (χ1n) is 4.22. The van der Waals surface area contributed by atoms with E-state index in [-0.39, 0.29) is 0 Å². The Labute approximate surface area is 77.0 Å². The lowest BCUT2D eigenvalue weighted by atomic mass is 10.2. The van der Waals surface area contributed by atoms with E-state index in [9.17, 15) is 0 Å². The molecule has 0 saturated heterocycles. The molecule has 13 heavy (non-hydrogen) atoms. The van der Waals surface area contributed by atoms with Crippen molar-refractivity contribution in [2.45, 2.75) is 13.7 Å². The second kappa shape index (κ2) is 3.18. The average Bonchev–Trinajstić information content (AvgIpc) is 2.46. The number of fused-ring (bicyclic) bond motifs is 1. The molecule has 3 nitrogen and oxygen atoms in total. The van der Waals surface area contributed by atoms with Crippen LogP contribution < -0.4 is 0 Å². The highest BCUT2D eigenvalue weighted by Gasteiger charge is 2.04. The Hall–Kier alpha value is -1.35. The van der Waals surface area contributed by atoms with Gasteiger partial charge in [0.15, 0.2) is 0 Å². The summed E-state index contributed by atoms with van der Waals surface area (Å²) in [6, 6.07) is 4.02. The minimum absolute atomic E-state index is 0.557. The first kappa shape index (κ1) is 8.26. The predicted octanol–water partition coefficient (Wildman–Crippen LogP) is 1.95. The summed E-state index contributed by atoms with van der Waals surface area (Å²) in [6.07, 6.45) is 3.86. The van der Waals surface area contributed by atoms with Gasteiger partial charge in [0.25, 0.3) is 0 Å². The van der Waals surface area contributed by atoms with Crippen LogP contribution >= 0.6 is 0 Å². The summed E-state index contributed by atoms with van der Waals surface area (Å²) in [4.78, 5) is 4.30. The highest BCUT2D eigenvalue weighted by molar-refractivity contribution is 5.79. The van der Waals surface area contributed by atoms with Crippen molar-refractivity contribution in [3.63, 3.8) is 0 Å². The molecular weight excluding hydrogens is 164 g/mol. The summed E-state index contributed by atoms with van der Waals surface area (Å²) in [5.41, 5.74) is 2.22. The van der Waals surface area contributed by atoms with E-state index in [1.165, 1.54) is 10.9 Å². The molecule has 0 spiro atoms. The molecule has 0 aliphatic carbocycles. The topological polar surface area (TPSA) is 27.1 Å². The molecule has 0 saturated carbocycles. The molecule has 2 rings (SSSR count). The number of rotatable bonds is 2. The van der Waals surface area contributed by atoms with Crippen LogP contribution in [0.5, 0.6) is 0 Å².